The van der Waals surface area contributed by atoms with Crippen molar-refractivity contribution in [2.24, 2.45) is 5.92 Å². The number of carbonyl (C=O) groups is 2. The normalized spacial score (nSPS) is 18.7. The first-order valence-corrected chi connectivity index (χ1v) is 13.5. The molecule has 1 N–H and O–H groups in total. The highest BCUT2D eigenvalue weighted by molar-refractivity contribution is 7.89. The standard InChI is InChI=1S/C25H33N5O4S/c1-18-8-6-10-23(26-18)27-24(31)19-9-7-15-30(17-19)25(32)21-16-20(35(33,34)28(2)3)11-12-22(21)29-13-4-5-14-29/h6,8,10-12,16,19H,4-5,7,9,13-15,17H2,1-3H3,(H,26,27,31). The summed E-state index contributed by atoms with van der Waals surface area (Å²) in [4.78, 5) is 34.9. The van der Waals surface area contributed by atoms with Gasteiger partial charge in [0.15, 0.2) is 0 Å². The molecule has 0 aliphatic carbocycles. The number of piperidine rings is 1. The summed E-state index contributed by atoms with van der Waals surface area (Å²) in [5, 5.41) is 2.87. The Morgan fingerprint density at radius 1 is 1.06 bits per heavy atom. The van der Waals surface area contributed by atoms with Gasteiger partial charge in [0.25, 0.3) is 5.91 Å². The van der Waals surface area contributed by atoms with Crippen LogP contribution in [0.5, 0.6) is 0 Å². The van der Waals surface area contributed by atoms with Gasteiger partial charge in [-0.3, -0.25) is 9.59 Å². The van der Waals surface area contributed by atoms with Gasteiger partial charge in [-0.05, 0) is 62.9 Å². The lowest BCUT2D eigenvalue weighted by atomic mass is 9.96. The number of rotatable bonds is 6. The molecule has 0 bridgehead atoms. The molecule has 0 radical (unpaired) electrons. The summed E-state index contributed by atoms with van der Waals surface area (Å²) in [6, 6.07) is 10.2. The Kier molecular flexibility index (Phi) is 7.42. The minimum Gasteiger partial charge on any atom is -0.371 e. The van der Waals surface area contributed by atoms with Crippen LogP contribution >= 0.6 is 0 Å². The fraction of sp³-hybridized carbons (Fsp3) is 0.480. The second kappa shape index (κ2) is 10.3. The molecule has 2 fully saturated rings. The molecule has 0 spiro atoms. The van der Waals surface area contributed by atoms with Gasteiger partial charge in [-0.1, -0.05) is 6.07 Å². The molecule has 1 aromatic carbocycles. The summed E-state index contributed by atoms with van der Waals surface area (Å²) in [6.07, 6.45) is 3.43. The Labute approximate surface area is 207 Å². The lowest BCUT2D eigenvalue weighted by Crippen LogP contribution is -2.44. The Balaban J connectivity index is 1.58. The molecule has 2 aromatic rings. The van der Waals surface area contributed by atoms with E-state index in [2.05, 4.69) is 15.2 Å². The predicted octanol–water partition coefficient (Wildman–Crippen LogP) is 2.73. The molecule has 3 heterocycles. The minimum atomic E-state index is -3.69. The topological polar surface area (TPSA) is 103 Å². The number of amides is 2. The fourth-order valence-corrected chi connectivity index (χ4v) is 5.61. The van der Waals surface area contributed by atoms with E-state index in [9.17, 15) is 18.0 Å². The molecule has 2 amide bonds. The van der Waals surface area contributed by atoms with E-state index in [1.165, 1.54) is 20.2 Å². The molecule has 1 unspecified atom stereocenters. The van der Waals surface area contributed by atoms with Crippen molar-refractivity contribution in [3.05, 3.63) is 47.7 Å². The maximum atomic E-state index is 13.7. The Bertz CT molecular complexity index is 1210. The van der Waals surface area contributed by atoms with Crippen LogP contribution in [0.4, 0.5) is 11.5 Å². The van der Waals surface area contributed by atoms with Crippen molar-refractivity contribution in [2.45, 2.75) is 37.5 Å². The number of aromatic nitrogens is 1. The Morgan fingerprint density at radius 2 is 1.80 bits per heavy atom. The summed E-state index contributed by atoms with van der Waals surface area (Å²) >= 11 is 0. The number of benzene rings is 1. The summed E-state index contributed by atoms with van der Waals surface area (Å²) in [7, 11) is -0.745. The van der Waals surface area contributed by atoms with Gasteiger partial charge in [0.05, 0.1) is 16.4 Å². The van der Waals surface area contributed by atoms with Crippen molar-refractivity contribution in [3.8, 4) is 0 Å². The number of hydrogen-bond donors (Lipinski definition) is 1. The molecule has 1 atom stereocenters. The first-order chi connectivity index (χ1) is 16.7. The van der Waals surface area contributed by atoms with Crippen LogP contribution in [-0.2, 0) is 14.8 Å². The van der Waals surface area contributed by atoms with Crippen LogP contribution in [0.25, 0.3) is 0 Å². The van der Waals surface area contributed by atoms with E-state index in [1.54, 1.807) is 23.1 Å². The number of hydrogen-bond acceptors (Lipinski definition) is 6. The Morgan fingerprint density at radius 3 is 2.49 bits per heavy atom. The van der Waals surface area contributed by atoms with Crippen molar-refractivity contribution in [1.82, 2.24) is 14.2 Å². The van der Waals surface area contributed by atoms with Gasteiger partial charge in [-0.15, -0.1) is 0 Å². The first-order valence-electron chi connectivity index (χ1n) is 12.0. The van der Waals surface area contributed by atoms with E-state index in [4.69, 9.17) is 0 Å². The SMILES string of the molecule is Cc1cccc(NC(=O)C2CCCN(C(=O)c3cc(S(=O)(=O)N(C)C)ccc3N3CCCC3)C2)n1. The minimum absolute atomic E-state index is 0.0885. The zero-order valence-corrected chi connectivity index (χ0v) is 21.3. The predicted molar refractivity (Wildman–Crippen MR) is 135 cm³/mol. The van der Waals surface area contributed by atoms with E-state index in [0.717, 1.165) is 41.6 Å². The monoisotopic (exact) mass is 499 g/mol. The van der Waals surface area contributed by atoms with Crippen LogP contribution in [-0.4, -0.2) is 74.7 Å². The van der Waals surface area contributed by atoms with Crippen LogP contribution in [0.15, 0.2) is 41.3 Å². The number of anilines is 2. The zero-order chi connectivity index (χ0) is 25.2. The number of nitrogens with one attached hydrogen (secondary N) is 1. The molecule has 2 aliphatic heterocycles. The van der Waals surface area contributed by atoms with Crippen LogP contribution in [0, 0.1) is 12.8 Å². The third-order valence-corrected chi connectivity index (χ3v) is 8.45. The van der Waals surface area contributed by atoms with E-state index < -0.39 is 10.0 Å². The average Bonchev–Trinajstić information content (AvgIpc) is 3.38. The summed E-state index contributed by atoms with van der Waals surface area (Å²) in [6.45, 7) is 4.32. The maximum Gasteiger partial charge on any atom is 0.256 e. The molecule has 4 rings (SSSR count). The summed E-state index contributed by atoms with van der Waals surface area (Å²) in [5.41, 5.74) is 1.93. The lowest BCUT2D eigenvalue weighted by molar-refractivity contribution is -0.121. The zero-order valence-electron chi connectivity index (χ0n) is 20.5. The third-order valence-electron chi connectivity index (χ3n) is 6.64. The van der Waals surface area contributed by atoms with Crippen molar-refractivity contribution >= 4 is 33.3 Å². The van der Waals surface area contributed by atoms with Gasteiger partial charge in [-0.2, -0.15) is 0 Å². The number of likely N-dealkylation sites (tertiary alicyclic amines) is 1. The highest BCUT2D eigenvalue weighted by atomic mass is 32.2. The van der Waals surface area contributed by atoms with Gasteiger partial charge in [0.1, 0.15) is 5.82 Å². The number of carbonyl (C=O) groups excluding carboxylic acids is 2. The molecular formula is C25H33N5O4S. The number of pyridine rings is 1. The molecule has 2 saturated heterocycles. The highest BCUT2D eigenvalue weighted by Crippen LogP contribution is 2.30. The van der Waals surface area contributed by atoms with Crippen molar-refractivity contribution in [2.75, 3.05) is 50.5 Å². The number of aryl methyl sites for hydroxylation is 1. The molecule has 10 heteroatoms. The van der Waals surface area contributed by atoms with Crippen molar-refractivity contribution in [1.29, 1.82) is 0 Å². The van der Waals surface area contributed by atoms with Crippen molar-refractivity contribution < 1.29 is 18.0 Å². The molecule has 0 saturated carbocycles. The van der Waals surface area contributed by atoms with E-state index in [0.29, 0.717) is 30.8 Å². The molecular weight excluding hydrogens is 466 g/mol. The van der Waals surface area contributed by atoms with Crippen LogP contribution in [0.3, 0.4) is 0 Å². The molecule has 188 valence electrons. The summed E-state index contributed by atoms with van der Waals surface area (Å²) in [5.74, 6) is -0.270. The average molecular weight is 500 g/mol. The van der Waals surface area contributed by atoms with Gasteiger partial charge >= 0.3 is 0 Å². The van der Waals surface area contributed by atoms with Crippen LogP contribution in [0.2, 0.25) is 0 Å². The molecule has 2 aliphatic rings. The maximum absolute atomic E-state index is 13.7. The first kappa shape index (κ1) is 25.1. The van der Waals surface area contributed by atoms with Crippen LogP contribution in [0.1, 0.15) is 41.7 Å². The molecule has 35 heavy (non-hydrogen) atoms. The van der Waals surface area contributed by atoms with E-state index in [1.807, 2.05) is 19.1 Å². The van der Waals surface area contributed by atoms with E-state index >= 15 is 0 Å². The smallest absolute Gasteiger partial charge is 0.256 e. The quantitative estimate of drug-likeness (QED) is 0.656. The number of nitrogens with zero attached hydrogens (tertiary/aromatic N) is 4. The Hall–Kier alpha value is -2.98. The summed E-state index contributed by atoms with van der Waals surface area (Å²) < 4.78 is 26.7. The fourth-order valence-electron chi connectivity index (χ4n) is 4.68. The molecule has 9 nitrogen and oxygen atoms in total. The van der Waals surface area contributed by atoms with Crippen LogP contribution < -0.4 is 10.2 Å². The highest BCUT2D eigenvalue weighted by Gasteiger charge is 2.32. The lowest BCUT2D eigenvalue weighted by Gasteiger charge is -2.33. The largest absolute Gasteiger partial charge is 0.371 e. The van der Waals surface area contributed by atoms with E-state index in [-0.39, 0.29) is 29.2 Å². The third kappa shape index (κ3) is 5.48. The second-order valence-corrected chi connectivity index (χ2v) is 11.6. The van der Waals surface area contributed by atoms with Crippen molar-refractivity contribution in [3.63, 3.8) is 0 Å². The van der Waals surface area contributed by atoms with Gasteiger partial charge < -0.3 is 15.1 Å². The van der Waals surface area contributed by atoms with Gasteiger partial charge in [0.2, 0.25) is 15.9 Å². The molecule has 1 aromatic heterocycles. The number of sulfonamides is 1. The van der Waals surface area contributed by atoms with Gasteiger partial charge in [0, 0.05) is 51.7 Å². The second-order valence-electron chi connectivity index (χ2n) is 9.40. The van der Waals surface area contributed by atoms with Gasteiger partial charge in [-0.25, -0.2) is 17.7 Å².